The molecule has 0 atom stereocenters. The van der Waals surface area contributed by atoms with Crippen molar-refractivity contribution in [1.82, 2.24) is 4.98 Å². The van der Waals surface area contributed by atoms with Gasteiger partial charge in [-0.1, -0.05) is 30.3 Å². The standard InChI is InChI=1S/C14H15N3O3/c1-2-15-13-8-12(17(18)19)9-14(16-13)20-10-11-6-4-3-5-7-11/h3-9H,2,10H2,1H3,(H,15,16). The van der Waals surface area contributed by atoms with Crippen LogP contribution in [-0.2, 0) is 6.61 Å². The molecule has 6 nitrogen and oxygen atoms in total. The molecule has 1 N–H and O–H groups in total. The van der Waals surface area contributed by atoms with Crippen molar-refractivity contribution >= 4 is 11.5 Å². The summed E-state index contributed by atoms with van der Waals surface area (Å²) in [6, 6.07) is 12.3. The lowest BCUT2D eigenvalue weighted by Crippen LogP contribution is -2.03. The Hall–Kier alpha value is -2.63. The van der Waals surface area contributed by atoms with Crippen LogP contribution in [0.1, 0.15) is 12.5 Å². The number of hydrogen-bond donors (Lipinski definition) is 1. The number of nitrogens with zero attached hydrogens (tertiary/aromatic N) is 2. The molecule has 0 aliphatic heterocycles. The Morgan fingerprint density at radius 2 is 2.05 bits per heavy atom. The summed E-state index contributed by atoms with van der Waals surface area (Å²) in [5.74, 6) is 0.670. The number of hydrogen-bond acceptors (Lipinski definition) is 5. The molecule has 0 bridgehead atoms. The predicted octanol–water partition coefficient (Wildman–Crippen LogP) is 3.00. The van der Waals surface area contributed by atoms with Gasteiger partial charge in [0, 0.05) is 6.54 Å². The van der Waals surface area contributed by atoms with E-state index >= 15 is 0 Å². The van der Waals surface area contributed by atoms with Gasteiger partial charge in [-0.25, -0.2) is 0 Å². The number of aromatic nitrogens is 1. The fourth-order valence-corrected chi connectivity index (χ4v) is 1.67. The van der Waals surface area contributed by atoms with Gasteiger partial charge in [0.2, 0.25) is 5.88 Å². The van der Waals surface area contributed by atoms with Crippen molar-refractivity contribution in [3.8, 4) is 5.88 Å². The molecule has 6 heteroatoms. The third kappa shape index (κ3) is 3.68. The highest BCUT2D eigenvalue weighted by Gasteiger charge is 2.11. The van der Waals surface area contributed by atoms with Crippen LogP contribution >= 0.6 is 0 Å². The molecule has 0 unspecified atom stereocenters. The third-order valence-electron chi connectivity index (χ3n) is 2.58. The van der Waals surface area contributed by atoms with E-state index in [1.54, 1.807) is 0 Å². The van der Waals surface area contributed by atoms with E-state index in [9.17, 15) is 10.1 Å². The average molecular weight is 273 g/mol. The number of anilines is 1. The second-order valence-electron chi connectivity index (χ2n) is 4.11. The zero-order valence-corrected chi connectivity index (χ0v) is 11.1. The first kappa shape index (κ1) is 13.8. The van der Waals surface area contributed by atoms with Crippen molar-refractivity contribution in [3.05, 3.63) is 58.1 Å². The van der Waals surface area contributed by atoms with Crippen molar-refractivity contribution in [2.24, 2.45) is 0 Å². The summed E-state index contributed by atoms with van der Waals surface area (Å²) in [6.07, 6.45) is 0. The van der Waals surface area contributed by atoms with Crippen LogP contribution < -0.4 is 10.1 Å². The lowest BCUT2D eigenvalue weighted by atomic mass is 10.2. The summed E-state index contributed by atoms with van der Waals surface area (Å²) in [5.41, 5.74) is 0.935. The smallest absolute Gasteiger partial charge is 0.278 e. The first-order valence-corrected chi connectivity index (χ1v) is 6.26. The zero-order valence-electron chi connectivity index (χ0n) is 11.1. The van der Waals surface area contributed by atoms with E-state index in [4.69, 9.17) is 4.74 Å². The monoisotopic (exact) mass is 273 g/mol. The van der Waals surface area contributed by atoms with E-state index in [-0.39, 0.29) is 11.6 Å². The molecule has 0 spiro atoms. The fraction of sp³-hybridized carbons (Fsp3) is 0.214. The van der Waals surface area contributed by atoms with Crippen LogP contribution in [0.2, 0.25) is 0 Å². The Morgan fingerprint density at radius 1 is 1.30 bits per heavy atom. The highest BCUT2D eigenvalue weighted by Crippen LogP contribution is 2.22. The van der Waals surface area contributed by atoms with Gasteiger partial charge in [-0.05, 0) is 12.5 Å². The number of ether oxygens (including phenoxy) is 1. The zero-order chi connectivity index (χ0) is 14.4. The highest BCUT2D eigenvalue weighted by molar-refractivity contribution is 5.48. The molecule has 1 aromatic heterocycles. The van der Waals surface area contributed by atoms with Crippen molar-refractivity contribution in [2.75, 3.05) is 11.9 Å². The van der Waals surface area contributed by atoms with Crippen molar-refractivity contribution in [3.63, 3.8) is 0 Å². The Bertz CT molecular complexity index is 587. The minimum Gasteiger partial charge on any atom is -0.473 e. The Kier molecular flexibility index (Phi) is 4.49. The SMILES string of the molecule is CCNc1cc([N+](=O)[O-])cc(OCc2ccccc2)n1. The molecule has 0 fully saturated rings. The van der Waals surface area contributed by atoms with Crippen molar-refractivity contribution in [1.29, 1.82) is 0 Å². The molecule has 0 radical (unpaired) electrons. The molecule has 20 heavy (non-hydrogen) atoms. The molecule has 104 valence electrons. The van der Waals surface area contributed by atoms with E-state index in [2.05, 4.69) is 10.3 Å². The number of rotatable bonds is 6. The third-order valence-corrected chi connectivity index (χ3v) is 2.58. The number of nitro groups is 1. The van der Waals surface area contributed by atoms with E-state index in [1.807, 2.05) is 37.3 Å². The molecule has 1 heterocycles. The molecule has 2 rings (SSSR count). The molecule has 0 saturated heterocycles. The number of benzene rings is 1. The largest absolute Gasteiger partial charge is 0.473 e. The maximum absolute atomic E-state index is 10.9. The minimum absolute atomic E-state index is 0.0426. The minimum atomic E-state index is -0.460. The van der Waals surface area contributed by atoms with Crippen LogP contribution in [0.25, 0.3) is 0 Å². The highest BCUT2D eigenvalue weighted by atomic mass is 16.6. The van der Waals surface area contributed by atoms with Gasteiger partial charge in [0.1, 0.15) is 12.4 Å². The van der Waals surface area contributed by atoms with Crippen LogP contribution in [-0.4, -0.2) is 16.5 Å². The lowest BCUT2D eigenvalue weighted by Gasteiger charge is -2.08. The van der Waals surface area contributed by atoms with Gasteiger partial charge in [-0.2, -0.15) is 4.98 Å². The number of pyridine rings is 1. The number of nitrogens with one attached hydrogen (secondary N) is 1. The Morgan fingerprint density at radius 3 is 2.70 bits per heavy atom. The van der Waals surface area contributed by atoms with Gasteiger partial charge >= 0.3 is 0 Å². The summed E-state index contributed by atoms with van der Waals surface area (Å²) in [4.78, 5) is 14.6. The van der Waals surface area contributed by atoms with Crippen molar-refractivity contribution < 1.29 is 9.66 Å². The molecule has 0 aliphatic rings. The van der Waals surface area contributed by atoms with Crippen LogP contribution in [0.15, 0.2) is 42.5 Å². The van der Waals surface area contributed by atoms with Gasteiger partial charge < -0.3 is 10.1 Å². The predicted molar refractivity (Wildman–Crippen MR) is 75.8 cm³/mol. The van der Waals surface area contributed by atoms with Gasteiger partial charge in [-0.15, -0.1) is 0 Å². The maximum Gasteiger partial charge on any atom is 0.278 e. The summed E-state index contributed by atoms with van der Waals surface area (Å²) in [5, 5.41) is 13.8. The maximum atomic E-state index is 10.9. The van der Waals surface area contributed by atoms with E-state index in [1.165, 1.54) is 12.1 Å². The van der Waals surface area contributed by atoms with Crippen LogP contribution in [0.5, 0.6) is 5.88 Å². The van der Waals surface area contributed by atoms with Crippen LogP contribution in [0.4, 0.5) is 11.5 Å². The van der Waals surface area contributed by atoms with Gasteiger partial charge in [0.05, 0.1) is 17.1 Å². The molecule has 2 aromatic rings. The molecule has 1 aromatic carbocycles. The molecular weight excluding hydrogens is 258 g/mol. The second kappa shape index (κ2) is 6.51. The van der Waals surface area contributed by atoms with Crippen molar-refractivity contribution in [2.45, 2.75) is 13.5 Å². The topological polar surface area (TPSA) is 77.3 Å². The fourth-order valence-electron chi connectivity index (χ4n) is 1.67. The second-order valence-corrected chi connectivity index (χ2v) is 4.11. The first-order valence-electron chi connectivity index (χ1n) is 6.26. The molecule has 0 amide bonds. The molecule has 0 saturated carbocycles. The average Bonchev–Trinajstić information content (AvgIpc) is 2.46. The first-order chi connectivity index (χ1) is 9.69. The lowest BCUT2D eigenvalue weighted by molar-refractivity contribution is -0.384. The van der Waals surface area contributed by atoms with Crippen LogP contribution in [0.3, 0.4) is 0 Å². The molecule has 0 aliphatic carbocycles. The van der Waals surface area contributed by atoms with E-state index in [0.29, 0.717) is 19.0 Å². The normalized spacial score (nSPS) is 10.1. The summed E-state index contributed by atoms with van der Waals surface area (Å²) >= 11 is 0. The van der Waals surface area contributed by atoms with Gasteiger partial charge in [-0.3, -0.25) is 10.1 Å². The van der Waals surface area contributed by atoms with E-state index < -0.39 is 4.92 Å². The summed E-state index contributed by atoms with van der Waals surface area (Å²) < 4.78 is 5.51. The Labute approximate surface area is 116 Å². The van der Waals surface area contributed by atoms with Gasteiger partial charge in [0.15, 0.2) is 0 Å². The Balaban J connectivity index is 2.15. The summed E-state index contributed by atoms with van der Waals surface area (Å²) in [6.45, 7) is 2.85. The van der Waals surface area contributed by atoms with Gasteiger partial charge in [0.25, 0.3) is 5.69 Å². The summed E-state index contributed by atoms with van der Waals surface area (Å²) in [7, 11) is 0. The quantitative estimate of drug-likeness (QED) is 0.646. The molecular formula is C14H15N3O3. The van der Waals surface area contributed by atoms with Crippen LogP contribution in [0, 0.1) is 10.1 Å². The van der Waals surface area contributed by atoms with E-state index in [0.717, 1.165) is 5.56 Å².